The van der Waals surface area contributed by atoms with E-state index in [0.29, 0.717) is 28.5 Å². The summed E-state index contributed by atoms with van der Waals surface area (Å²) >= 11 is 0. The van der Waals surface area contributed by atoms with Gasteiger partial charge in [0.05, 0.1) is 12.0 Å². The number of para-hydroxylation sites is 1. The van der Waals surface area contributed by atoms with E-state index in [4.69, 9.17) is 9.15 Å². The predicted octanol–water partition coefficient (Wildman–Crippen LogP) is 3.97. The number of aromatic nitrogens is 2. The monoisotopic (exact) mass is 416 g/mol. The normalized spacial score (nSPS) is 10.6. The summed E-state index contributed by atoms with van der Waals surface area (Å²) in [4.78, 5) is 24.7. The zero-order valence-corrected chi connectivity index (χ0v) is 16.7. The van der Waals surface area contributed by atoms with Gasteiger partial charge < -0.3 is 19.8 Å². The molecule has 31 heavy (non-hydrogen) atoms. The molecule has 0 unspecified atom stereocenters. The molecule has 2 aromatic heterocycles. The first-order chi connectivity index (χ1) is 15.1. The summed E-state index contributed by atoms with van der Waals surface area (Å²) in [7, 11) is 1.45. The van der Waals surface area contributed by atoms with Gasteiger partial charge in [0.1, 0.15) is 18.0 Å². The number of carbonyl (C=O) groups is 2. The Morgan fingerprint density at radius 1 is 0.968 bits per heavy atom. The third-order valence-corrected chi connectivity index (χ3v) is 4.42. The zero-order valence-electron chi connectivity index (χ0n) is 16.7. The molecular formula is C23H20N4O4. The van der Waals surface area contributed by atoms with Gasteiger partial charge in [-0.3, -0.25) is 9.59 Å². The van der Waals surface area contributed by atoms with Gasteiger partial charge >= 0.3 is 0 Å². The summed E-state index contributed by atoms with van der Waals surface area (Å²) in [6.07, 6.45) is 1.56. The molecule has 2 amide bonds. The van der Waals surface area contributed by atoms with Gasteiger partial charge in [-0.2, -0.15) is 5.10 Å². The number of benzene rings is 2. The number of hydrogen-bond acceptors (Lipinski definition) is 5. The van der Waals surface area contributed by atoms with Gasteiger partial charge in [-0.25, -0.2) is 4.68 Å². The second-order valence-electron chi connectivity index (χ2n) is 6.65. The van der Waals surface area contributed by atoms with Crippen molar-refractivity contribution in [3.8, 4) is 17.1 Å². The van der Waals surface area contributed by atoms with E-state index in [9.17, 15) is 9.59 Å². The minimum absolute atomic E-state index is 0.0278. The second-order valence-corrected chi connectivity index (χ2v) is 6.65. The fourth-order valence-electron chi connectivity index (χ4n) is 3.01. The molecule has 2 aromatic carbocycles. The van der Waals surface area contributed by atoms with Crippen molar-refractivity contribution < 1.29 is 18.7 Å². The summed E-state index contributed by atoms with van der Waals surface area (Å²) in [6.45, 7) is -0.0278. The van der Waals surface area contributed by atoms with Crippen LogP contribution in [0.4, 0.5) is 11.4 Å². The van der Waals surface area contributed by atoms with Crippen molar-refractivity contribution in [2.75, 3.05) is 24.4 Å². The van der Waals surface area contributed by atoms with Crippen LogP contribution in [0.15, 0.2) is 83.5 Å². The standard InChI is InChI=1S/C23H20N4O4/c1-30-15-22(28)24-16-9-11-17(12-10-16)25-23(29)20-14-19(21-8-5-13-31-21)26-27(20)18-6-3-2-4-7-18/h2-14H,15H2,1H3,(H,24,28)(H,25,29). The third kappa shape index (κ3) is 4.71. The Bertz CT molecular complexity index is 1170. The van der Waals surface area contributed by atoms with E-state index in [2.05, 4.69) is 15.7 Å². The number of ether oxygens (including phenoxy) is 1. The van der Waals surface area contributed by atoms with Crippen molar-refractivity contribution >= 4 is 23.2 Å². The molecule has 0 spiro atoms. The maximum Gasteiger partial charge on any atom is 0.274 e. The molecule has 0 aliphatic rings. The molecule has 156 valence electrons. The van der Waals surface area contributed by atoms with Crippen LogP contribution in [0.25, 0.3) is 17.1 Å². The predicted molar refractivity (Wildman–Crippen MR) is 116 cm³/mol. The lowest BCUT2D eigenvalue weighted by atomic mass is 10.2. The molecule has 8 nitrogen and oxygen atoms in total. The van der Waals surface area contributed by atoms with Crippen LogP contribution >= 0.6 is 0 Å². The van der Waals surface area contributed by atoms with Crippen LogP contribution < -0.4 is 10.6 Å². The van der Waals surface area contributed by atoms with Crippen LogP contribution in [-0.2, 0) is 9.53 Å². The number of anilines is 2. The van der Waals surface area contributed by atoms with Crippen LogP contribution in [0.1, 0.15) is 10.5 Å². The van der Waals surface area contributed by atoms with Gasteiger partial charge in [0.25, 0.3) is 5.91 Å². The number of hydrogen-bond donors (Lipinski definition) is 2. The fraction of sp³-hybridized carbons (Fsp3) is 0.0870. The van der Waals surface area contributed by atoms with Crippen molar-refractivity contribution in [1.82, 2.24) is 9.78 Å². The lowest BCUT2D eigenvalue weighted by Gasteiger charge is -2.09. The topological polar surface area (TPSA) is 98.4 Å². The van der Waals surface area contributed by atoms with Crippen LogP contribution in [0.2, 0.25) is 0 Å². The lowest BCUT2D eigenvalue weighted by molar-refractivity contribution is -0.119. The van der Waals surface area contributed by atoms with Gasteiger partial charge in [0, 0.05) is 24.6 Å². The highest BCUT2D eigenvalue weighted by Gasteiger charge is 2.19. The highest BCUT2D eigenvalue weighted by Crippen LogP contribution is 2.23. The maximum absolute atomic E-state index is 13.1. The van der Waals surface area contributed by atoms with E-state index in [1.165, 1.54) is 7.11 Å². The summed E-state index contributed by atoms with van der Waals surface area (Å²) in [5, 5.41) is 10.1. The third-order valence-electron chi connectivity index (χ3n) is 4.42. The van der Waals surface area contributed by atoms with Crippen LogP contribution in [-0.4, -0.2) is 35.3 Å². The Morgan fingerprint density at radius 2 is 1.68 bits per heavy atom. The quantitative estimate of drug-likeness (QED) is 0.475. The molecule has 0 saturated heterocycles. The highest BCUT2D eigenvalue weighted by atomic mass is 16.5. The van der Waals surface area contributed by atoms with Gasteiger partial charge in [-0.05, 0) is 48.5 Å². The Morgan fingerprint density at radius 3 is 2.32 bits per heavy atom. The first-order valence-corrected chi connectivity index (χ1v) is 9.53. The molecule has 0 aliphatic heterocycles. The summed E-state index contributed by atoms with van der Waals surface area (Å²) in [5.74, 6) is -0.0123. The molecule has 8 heteroatoms. The molecule has 2 N–H and O–H groups in total. The molecule has 0 fully saturated rings. The Kier molecular flexibility index (Phi) is 5.91. The number of methoxy groups -OCH3 is 1. The first-order valence-electron chi connectivity index (χ1n) is 9.53. The molecule has 0 radical (unpaired) electrons. The van der Waals surface area contributed by atoms with E-state index in [1.807, 2.05) is 30.3 Å². The Balaban J connectivity index is 1.57. The van der Waals surface area contributed by atoms with Crippen LogP contribution in [0.5, 0.6) is 0 Å². The van der Waals surface area contributed by atoms with Crippen molar-refractivity contribution in [1.29, 1.82) is 0 Å². The minimum atomic E-state index is -0.328. The highest BCUT2D eigenvalue weighted by molar-refractivity contribution is 6.04. The van der Waals surface area contributed by atoms with Crippen LogP contribution in [0.3, 0.4) is 0 Å². The van der Waals surface area contributed by atoms with E-state index in [0.717, 1.165) is 5.69 Å². The second kappa shape index (κ2) is 9.10. The zero-order chi connectivity index (χ0) is 21.6. The van der Waals surface area contributed by atoms with Crippen molar-refractivity contribution in [3.05, 3.63) is 84.8 Å². The molecule has 4 aromatic rings. The molecule has 0 saturated carbocycles. The van der Waals surface area contributed by atoms with Crippen molar-refractivity contribution in [3.63, 3.8) is 0 Å². The number of carbonyl (C=O) groups excluding carboxylic acids is 2. The van der Waals surface area contributed by atoms with E-state index in [-0.39, 0.29) is 18.4 Å². The van der Waals surface area contributed by atoms with Gasteiger partial charge in [-0.1, -0.05) is 18.2 Å². The summed E-state index contributed by atoms with van der Waals surface area (Å²) in [6, 6.07) is 21.4. The molecular weight excluding hydrogens is 396 g/mol. The van der Waals surface area contributed by atoms with E-state index in [1.54, 1.807) is 53.4 Å². The van der Waals surface area contributed by atoms with E-state index >= 15 is 0 Å². The summed E-state index contributed by atoms with van der Waals surface area (Å²) in [5.41, 5.74) is 2.84. The number of furan rings is 1. The maximum atomic E-state index is 13.1. The molecule has 4 rings (SSSR count). The Hall–Kier alpha value is -4.17. The van der Waals surface area contributed by atoms with Gasteiger partial charge in [-0.15, -0.1) is 0 Å². The summed E-state index contributed by atoms with van der Waals surface area (Å²) < 4.78 is 11.8. The SMILES string of the molecule is COCC(=O)Nc1ccc(NC(=O)c2cc(-c3ccco3)nn2-c2ccccc2)cc1. The average molecular weight is 416 g/mol. The fourth-order valence-corrected chi connectivity index (χ4v) is 3.01. The number of amides is 2. The van der Waals surface area contributed by atoms with Crippen molar-refractivity contribution in [2.24, 2.45) is 0 Å². The molecule has 2 heterocycles. The van der Waals surface area contributed by atoms with Crippen LogP contribution in [0, 0.1) is 0 Å². The number of nitrogens with one attached hydrogen (secondary N) is 2. The number of nitrogens with zero attached hydrogens (tertiary/aromatic N) is 2. The minimum Gasteiger partial charge on any atom is -0.463 e. The molecule has 0 bridgehead atoms. The van der Waals surface area contributed by atoms with E-state index < -0.39 is 0 Å². The Labute approximate surface area is 178 Å². The van der Waals surface area contributed by atoms with Gasteiger partial charge in [0.15, 0.2) is 5.76 Å². The first kappa shape index (κ1) is 20.1. The van der Waals surface area contributed by atoms with Crippen molar-refractivity contribution in [2.45, 2.75) is 0 Å². The average Bonchev–Trinajstić information content (AvgIpc) is 3.46. The smallest absolute Gasteiger partial charge is 0.274 e. The van der Waals surface area contributed by atoms with Gasteiger partial charge in [0.2, 0.25) is 5.91 Å². The largest absolute Gasteiger partial charge is 0.463 e. The molecule has 0 atom stereocenters. The number of rotatable bonds is 7. The lowest BCUT2D eigenvalue weighted by Crippen LogP contribution is -2.18. The molecule has 0 aliphatic carbocycles.